The molecule has 1 aromatic heterocycles. The van der Waals surface area contributed by atoms with Gasteiger partial charge in [-0.05, 0) is 30.2 Å². The minimum atomic E-state index is -1.27. The lowest BCUT2D eigenvalue weighted by molar-refractivity contribution is 0.0694. The molecule has 5 heteroatoms. The van der Waals surface area contributed by atoms with Crippen LogP contribution in [0.1, 0.15) is 21.5 Å². The van der Waals surface area contributed by atoms with Crippen LogP contribution in [0.3, 0.4) is 0 Å². The van der Waals surface area contributed by atoms with Crippen molar-refractivity contribution in [1.29, 1.82) is 0 Å². The molecule has 0 fully saturated rings. The smallest absolute Gasteiger partial charge is 0.341 e. The van der Waals surface area contributed by atoms with Crippen LogP contribution in [0, 0.1) is 12.7 Å². The highest BCUT2D eigenvalue weighted by Gasteiger charge is 2.09. The quantitative estimate of drug-likeness (QED) is 0.919. The summed E-state index contributed by atoms with van der Waals surface area (Å²) in [7, 11) is 0. The predicted molar refractivity (Wildman–Crippen MR) is 67.9 cm³/mol. The van der Waals surface area contributed by atoms with Gasteiger partial charge in [-0.1, -0.05) is 6.07 Å². The molecule has 0 atom stereocenters. The number of pyridine rings is 1. The summed E-state index contributed by atoms with van der Waals surface area (Å²) in [5.41, 5.74) is 0.799. The molecule has 0 amide bonds. The van der Waals surface area contributed by atoms with Gasteiger partial charge in [-0.2, -0.15) is 0 Å². The zero-order valence-electron chi connectivity index (χ0n) is 10.3. The maximum Gasteiger partial charge on any atom is 0.341 e. The number of aromatic nitrogens is 1. The van der Waals surface area contributed by atoms with Crippen molar-refractivity contribution in [2.45, 2.75) is 13.5 Å². The van der Waals surface area contributed by atoms with Gasteiger partial charge in [0.15, 0.2) is 5.43 Å². The third kappa shape index (κ3) is 2.88. The molecular weight excluding hydrogens is 249 g/mol. The van der Waals surface area contributed by atoms with Crippen molar-refractivity contribution in [2.24, 2.45) is 0 Å². The van der Waals surface area contributed by atoms with Gasteiger partial charge in [-0.15, -0.1) is 0 Å². The van der Waals surface area contributed by atoms with E-state index in [9.17, 15) is 14.0 Å². The third-order valence-electron chi connectivity index (χ3n) is 2.87. The average molecular weight is 261 g/mol. The first-order chi connectivity index (χ1) is 8.97. The van der Waals surface area contributed by atoms with Crippen LogP contribution in [0.4, 0.5) is 4.39 Å². The van der Waals surface area contributed by atoms with Crippen LogP contribution >= 0.6 is 0 Å². The van der Waals surface area contributed by atoms with Crippen molar-refractivity contribution < 1.29 is 14.3 Å². The van der Waals surface area contributed by atoms with E-state index in [1.54, 1.807) is 10.6 Å². The van der Waals surface area contributed by atoms with Crippen LogP contribution in [0.2, 0.25) is 0 Å². The first kappa shape index (κ1) is 13.0. The molecule has 2 aromatic rings. The second-order valence-corrected chi connectivity index (χ2v) is 4.27. The summed E-state index contributed by atoms with van der Waals surface area (Å²) >= 11 is 0. The van der Waals surface area contributed by atoms with Crippen molar-refractivity contribution >= 4 is 5.97 Å². The number of carboxylic acid groups (broad SMARTS) is 1. The largest absolute Gasteiger partial charge is 0.477 e. The summed E-state index contributed by atoms with van der Waals surface area (Å²) in [4.78, 5) is 22.2. The van der Waals surface area contributed by atoms with Gasteiger partial charge in [0, 0.05) is 25.0 Å². The lowest BCUT2D eigenvalue weighted by atomic mass is 10.1. The van der Waals surface area contributed by atoms with Gasteiger partial charge in [0.2, 0.25) is 0 Å². The van der Waals surface area contributed by atoms with E-state index in [1.807, 2.05) is 6.92 Å². The number of nitrogens with zero attached hydrogens (tertiary/aromatic N) is 1. The Morgan fingerprint density at radius 2 is 2.11 bits per heavy atom. The molecule has 0 saturated heterocycles. The molecule has 0 aliphatic rings. The fourth-order valence-corrected chi connectivity index (χ4v) is 1.79. The standard InChI is InChI=1S/C14H12FNO3/c1-9-2-3-11(15)6-10(9)7-16-5-4-13(17)12(8-16)14(18)19/h2-6,8H,7H2,1H3,(H,18,19). The van der Waals surface area contributed by atoms with Gasteiger partial charge < -0.3 is 9.67 Å². The summed E-state index contributed by atoms with van der Waals surface area (Å²) < 4.78 is 14.7. The number of aromatic carboxylic acids is 1. The van der Waals surface area contributed by atoms with E-state index < -0.39 is 11.4 Å². The molecule has 0 saturated carbocycles. The Morgan fingerprint density at radius 1 is 1.37 bits per heavy atom. The SMILES string of the molecule is Cc1ccc(F)cc1Cn1ccc(=O)c(C(=O)O)c1. The van der Waals surface area contributed by atoms with E-state index in [2.05, 4.69) is 0 Å². The zero-order valence-corrected chi connectivity index (χ0v) is 10.3. The highest BCUT2D eigenvalue weighted by molar-refractivity contribution is 5.86. The monoisotopic (exact) mass is 261 g/mol. The Bertz CT molecular complexity index is 691. The highest BCUT2D eigenvalue weighted by atomic mass is 19.1. The Kier molecular flexibility index (Phi) is 3.46. The highest BCUT2D eigenvalue weighted by Crippen LogP contribution is 2.12. The summed E-state index contributed by atoms with van der Waals surface area (Å²) in [6, 6.07) is 5.62. The molecule has 0 aliphatic carbocycles. The summed E-state index contributed by atoms with van der Waals surface area (Å²) in [6.45, 7) is 2.15. The molecule has 98 valence electrons. The van der Waals surface area contributed by atoms with Crippen molar-refractivity contribution in [2.75, 3.05) is 0 Å². The lowest BCUT2D eigenvalue weighted by Crippen LogP contribution is -2.17. The van der Waals surface area contributed by atoms with E-state index in [-0.39, 0.29) is 11.4 Å². The fraction of sp³-hybridized carbons (Fsp3) is 0.143. The van der Waals surface area contributed by atoms with Crippen LogP contribution in [-0.2, 0) is 6.54 Å². The maximum atomic E-state index is 13.2. The second kappa shape index (κ2) is 5.06. The van der Waals surface area contributed by atoms with Crippen molar-refractivity contribution in [1.82, 2.24) is 4.57 Å². The summed E-state index contributed by atoms with van der Waals surface area (Å²) in [5, 5.41) is 8.88. The average Bonchev–Trinajstić information content (AvgIpc) is 2.36. The molecule has 1 heterocycles. The Balaban J connectivity index is 2.39. The lowest BCUT2D eigenvalue weighted by Gasteiger charge is -2.10. The van der Waals surface area contributed by atoms with Crippen molar-refractivity contribution in [3.05, 3.63) is 69.4 Å². The van der Waals surface area contributed by atoms with Gasteiger partial charge >= 0.3 is 5.97 Å². The van der Waals surface area contributed by atoms with Crippen molar-refractivity contribution in [3.8, 4) is 0 Å². The van der Waals surface area contributed by atoms with Gasteiger partial charge in [-0.3, -0.25) is 4.79 Å². The van der Waals surface area contributed by atoms with E-state index in [0.717, 1.165) is 11.1 Å². The molecular formula is C14H12FNO3. The number of aryl methyl sites for hydroxylation is 1. The molecule has 1 N–H and O–H groups in total. The molecule has 0 unspecified atom stereocenters. The minimum absolute atomic E-state index is 0.295. The Morgan fingerprint density at radius 3 is 2.79 bits per heavy atom. The van der Waals surface area contributed by atoms with Crippen LogP contribution in [0.15, 0.2) is 41.5 Å². The molecule has 0 aliphatic heterocycles. The van der Waals surface area contributed by atoms with E-state index in [1.165, 1.54) is 30.6 Å². The third-order valence-corrected chi connectivity index (χ3v) is 2.87. The number of hydrogen-bond acceptors (Lipinski definition) is 2. The van der Waals surface area contributed by atoms with Gasteiger partial charge in [0.05, 0.1) is 0 Å². The Labute approximate surface area is 108 Å². The first-order valence-corrected chi connectivity index (χ1v) is 5.66. The number of carbonyl (C=O) groups is 1. The van der Waals surface area contributed by atoms with Crippen LogP contribution in [0.25, 0.3) is 0 Å². The van der Waals surface area contributed by atoms with E-state index >= 15 is 0 Å². The predicted octanol–water partition coefficient (Wildman–Crippen LogP) is 2.04. The topological polar surface area (TPSA) is 59.3 Å². The second-order valence-electron chi connectivity index (χ2n) is 4.27. The molecule has 0 radical (unpaired) electrons. The van der Waals surface area contributed by atoms with Gasteiger partial charge in [0.1, 0.15) is 11.4 Å². The van der Waals surface area contributed by atoms with Crippen LogP contribution in [-0.4, -0.2) is 15.6 Å². The number of hydrogen-bond donors (Lipinski definition) is 1. The number of rotatable bonds is 3. The van der Waals surface area contributed by atoms with Gasteiger partial charge in [0.25, 0.3) is 0 Å². The van der Waals surface area contributed by atoms with Gasteiger partial charge in [-0.25, -0.2) is 9.18 Å². The normalized spacial score (nSPS) is 10.4. The summed E-state index contributed by atoms with van der Waals surface area (Å²) in [5.74, 6) is -1.62. The maximum absolute atomic E-state index is 13.2. The number of benzene rings is 1. The Hall–Kier alpha value is -2.43. The molecule has 2 rings (SSSR count). The fourth-order valence-electron chi connectivity index (χ4n) is 1.79. The first-order valence-electron chi connectivity index (χ1n) is 5.66. The molecule has 1 aromatic carbocycles. The molecule has 19 heavy (non-hydrogen) atoms. The number of carboxylic acids is 1. The molecule has 0 bridgehead atoms. The van der Waals surface area contributed by atoms with Crippen LogP contribution in [0.5, 0.6) is 0 Å². The molecule has 0 spiro atoms. The zero-order chi connectivity index (χ0) is 14.0. The van der Waals surface area contributed by atoms with E-state index in [4.69, 9.17) is 5.11 Å². The van der Waals surface area contributed by atoms with Crippen LogP contribution < -0.4 is 5.43 Å². The summed E-state index contributed by atoms with van der Waals surface area (Å²) in [6.07, 6.45) is 2.74. The molecule has 4 nitrogen and oxygen atoms in total. The van der Waals surface area contributed by atoms with E-state index in [0.29, 0.717) is 6.54 Å². The number of halogens is 1. The minimum Gasteiger partial charge on any atom is -0.477 e. The van der Waals surface area contributed by atoms with Crippen molar-refractivity contribution in [3.63, 3.8) is 0 Å².